The van der Waals surface area contributed by atoms with Crippen LogP contribution in [0.4, 0.5) is 0 Å². The van der Waals surface area contributed by atoms with Crippen molar-refractivity contribution in [2.75, 3.05) is 0 Å². The van der Waals surface area contributed by atoms with E-state index in [1.165, 1.54) is 15.9 Å². The summed E-state index contributed by atoms with van der Waals surface area (Å²) in [6.07, 6.45) is 2.48. The zero-order chi connectivity index (χ0) is 15.9. The minimum atomic E-state index is -0.242. The van der Waals surface area contributed by atoms with Crippen LogP contribution in [-0.2, 0) is 20.0 Å². The second kappa shape index (κ2) is 5.81. The Hall–Kier alpha value is -1.73. The van der Waals surface area contributed by atoms with Crippen molar-refractivity contribution in [1.29, 1.82) is 0 Å². The summed E-state index contributed by atoms with van der Waals surface area (Å²) in [6.45, 7) is 4.74. The summed E-state index contributed by atoms with van der Waals surface area (Å²) in [4.78, 5) is 30.8. The fourth-order valence-electron chi connectivity index (χ4n) is 2.42. The van der Waals surface area contributed by atoms with E-state index < -0.39 is 0 Å². The monoisotopic (exact) mass is 335 g/mol. The Morgan fingerprint density at radius 1 is 1.32 bits per heavy atom. The molecule has 5 nitrogen and oxygen atoms in total. The summed E-state index contributed by atoms with van der Waals surface area (Å²) in [5.41, 5.74) is -0.463. The average molecular weight is 335 g/mol. The van der Waals surface area contributed by atoms with Crippen molar-refractivity contribution in [2.24, 2.45) is 13.0 Å². The zero-order valence-corrected chi connectivity index (χ0v) is 14.3. The summed E-state index contributed by atoms with van der Waals surface area (Å²) >= 11 is 3.11. The molecule has 0 unspecified atom stereocenters. The fourth-order valence-corrected chi connectivity index (χ4v) is 4.31. The van der Waals surface area contributed by atoms with E-state index >= 15 is 0 Å². The third-order valence-corrected chi connectivity index (χ3v) is 5.36. The van der Waals surface area contributed by atoms with Gasteiger partial charge in [-0.25, -0.2) is 9.78 Å². The molecular formula is C15H17N3O2S2. The van der Waals surface area contributed by atoms with Crippen molar-refractivity contribution >= 4 is 32.9 Å². The molecule has 0 aliphatic rings. The fraction of sp³-hybridized carbons (Fsp3) is 0.400. The topological polar surface area (TPSA) is 56.9 Å². The van der Waals surface area contributed by atoms with Gasteiger partial charge in [-0.1, -0.05) is 13.8 Å². The number of hydrogen-bond acceptors (Lipinski definition) is 5. The molecule has 22 heavy (non-hydrogen) atoms. The first kappa shape index (κ1) is 15.2. The van der Waals surface area contributed by atoms with E-state index in [1.807, 2.05) is 11.4 Å². The van der Waals surface area contributed by atoms with Crippen molar-refractivity contribution in [2.45, 2.75) is 26.8 Å². The van der Waals surface area contributed by atoms with Gasteiger partial charge in [0.15, 0.2) is 0 Å². The van der Waals surface area contributed by atoms with Crippen molar-refractivity contribution in [1.82, 2.24) is 14.1 Å². The Kier molecular flexibility index (Phi) is 4.01. The molecule has 116 valence electrons. The molecule has 0 aliphatic carbocycles. The molecule has 0 aliphatic heterocycles. The van der Waals surface area contributed by atoms with Gasteiger partial charge in [-0.3, -0.25) is 13.9 Å². The van der Waals surface area contributed by atoms with Gasteiger partial charge in [-0.05, 0) is 12.0 Å². The first-order valence-electron chi connectivity index (χ1n) is 7.08. The molecule has 0 amide bonds. The van der Waals surface area contributed by atoms with Crippen molar-refractivity contribution in [3.63, 3.8) is 0 Å². The number of hydrogen-bond donors (Lipinski definition) is 0. The zero-order valence-electron chi connectivity index (χ0n) is 12.7. The second-order valence-electron chi connectivity index (χ2n) is 5.69. The number of fused-ring (bicyclic) bond motifs is 1. The minimum Gasteiger partial charge on any atom is -0.284 e. The van der Waals surface area contributed by atoms with Crippen LogP contribution in [0, 0.1) is 5.92 Å². The predicted octanol–water partition coefficient (Wildman–Crippen LogP) is 2.46. The predicted molar refractivity (Wildman–Crippen MR) is 91.1 cm³/mol. The Labute approximate surface area is 135 Å². The normalized spacial score (nSPS) is 11.6. The largest absolute Gasteiger partial charge is 0.331 e. The van der Waals surface area contributed by atoms with Crippen LogP contribution in [0.5, 0.6) is 0 Å². The van der Waals surface area contributed by atoms with E-state index in [-0.39, 0.29) is 11.2 Å². The lowest BCUT2D eigenvalue weighted by Crippen LogP contribution is -2.38. The highest BCUT2D eigenvalue weighted by Gasteiger charge is 2.15. The van der Waals surface area contributed by atoms with Crippen LogP contribution in [0.15, 0.2) is 27.2 Å². The smallest absolute Gasteiger partial charge is 0.284 e. The Morgan fingerprint density at radius 2 is 2.09 bits per heavy atom. The molecule has 3 rings (SSSR count). The molecule has 0 radical (unpaired) electrons. The Balaban J connectivity index is 2.19. The maximum atomic E-state index is 12.4. The van der Waals surface area contributed by atoms with Crippen LogP contribution < -0.4 is 11.2 Å². The number of thiazole rings is 1. The molecule has 7 heteroatoms. The summed E-state index contributed by atoms with van der Waals surface area (Å²) < 4.78 is 2.92. The highest BCUT2D eigenvalue weighted by molar-refractivity contribution is 7.18. The maximum Gasteiger partial charge on any atom is 0.331 e. The van der Waals surface area contributed by atoms with E-state index in [0.717, 1.165) is 14.7 Å². The SMILES string of the molecule is CC(C)Cn1c(=O)n(C)c(=O)c2cc(Cc3nccs3)sc21. The highest BCUT2D eigenvalue weighted by atomic mass is 32.1. The van der Waals surface area contributed by atoms with Gasteiger partial charge < -0.3 is 0 Å². The van der Waals surface area contributed by atoms with E-state index in [0.29, 0.717) is 24.3 Å². The van der Waals surface area contributed by atoms with E-state index in [4.69, 9.17) is 0 Å². The number of thiophene rings is 1. The third kappa shape index (κ3) is 2.66. The third-order valence-electron chi connectivity index (χ3n) is 3.42. The molecule has 0 atom stereocenters. The van der Waals surface area contributed by atoms with Crippen LogP contribution in [0.3, 0.4) is 0 Å². The molecule has 0 aromatic carbocycles. The van der Waals surface area contributed by atoms with Crippen molar-refractivity contribution < 1.29 is 0 Å². The van der Waals surface area contributed by atoms with Crippen LogP contribution in [0.1, 0.15) is 23.7 Å². The number of aromatic nitrogens is 3. The summed E-state index contributed by atoms with van der Waals surface area (Å²) in [5, 5.41) is 3.58. The van der Waals surface area contributed by atoms with Gasteiger partial charge >= 0.3 is 5.69 Å². The lowest BCUT2D eigenvalue weighted by Gasteiger charge is -2.11. The summed E-state index contributed by atoms with van der Waals surface area (Å²) in [5.74, 6) is 0.336. The molecule has 0 bridgehead atoms. The van der Waals surface area contributed by atoms with Crippen molar-refractivity contribution in [3.8, 4) is 0 Å². The Bertz CT molecular complexity index is 917. The molecule has 3 heterocycles. The Morgan fingerprint density at radius 3 is 2.73 bits per heavy atom. The molecule has 3 aromatic rings. The van der Waals surface area contributed by atoms with Crippen LogP contribution in [0.2, 0.25) is 0 Å². The van der Waals surface area contributed by atoms with Gasteiger partial charge in [0.2, 0.25) is 0 Å². The second-order valence-corrected chi connectivity index (χ2v) is 7.78. The first-order chi connectivity index (χ1) is 10.5. The quantitative estimate of drug-likeness (QED) is 0.736. The maximum absolute atomic E-state index is 12.4. The molecule has 3 aromatic heterocycles. The van der Waals surface area contributed by atoms with E-state index in [2.05, 4.69) is 18.8 Å². The molecule has 0 spiro atoms. The van der Waals surface area contributed by atoms with Gasteiger partial charge in [0.05, 0.1) is 10.4 Å². The number of nitrogens with zero attached hydrogens (tertiary/aromatic N) is 3. The molecule has 0 fully saturated rings. The molecule has 0 saturated heterocycles. The van der Waals surface area contributed by atoms with E-state index in [9.17, 15) is 9.59 Å². The van der Waals surface area contributed by atoms with Gasteiger partial charge in [0.1, 0.15) is 4.83 Å². The standard InChI is InChI=1S/C15H17N3O2S2/c1-9(2)8-18-14-11(13(19)17(3)15(18)20)6-10(22-14)7-12-16-4-5-21-12/h4-6,9H,7-8H2,1-3H3. The molecule has 0 N–H and O–H groups in total. The molecular weight excluding hydrogens is 318 g/mol. The number of rotatable bonds is 4. The minimum absolute atomic E-state index is 0.221. The summed E-state index contributed by atoms with van der Waals surface area (Å²) in [7, 11) is 1.54. The summed E-state index contributed by atoms with van der Waals surface area (Å²) in [6, 6.07) is 1.90. The average Bonchev–Trinajstić information content (AvgIpc) is 3.11. The molecule has 0 saturated carbocycles. The van der Waals surface area contributed by atoms with Crippen molar-refractivity contribution in [3.05, 3.63) is 48.4 Å². The van der Waals surface area contributed by atoms with E-state index in [1.54, 1.807) is 29.1 Å². The lowest BCUT2D eigenvalue weighted by atomic mass is 10.2. The highest BCUT2D eigenvalue weighted by Crippen LogP contribution is 2.25. The lowest BCUT2D eigenvalue weighted by molar-refractivity contribution is 0.504. The van der Waals surface area contributed by atoms with Crippen LogP contribution >= 0.6 is 22.7 Å². The van der Waals surface area contributed by atoms with Crippen LogP contribution in [0.25, 0.3) is 10.2 Å². The van der Waals surface area contributed by atoms with Gasteiger partial charge in [-0.2, -0.15) is 0 Å². The van der Waals surface area contributed by atoms with Gasteiger partial charge in [-0.15, -0.1) is 22.7 Å². The first-order valence-corrected chi connectivity index (χ1v) is 8.77. The van der Waals surface area contributed by atoms with Gasteiger partial charge in [0, 0.05) is 36.5 Å². The van der Waals surface area contributed by atoms with Crippen LogP contribution in [-0.4, -0.2) is 14.1 Å². The van der Waals surface area contributed by atoms with Gasteiger partial charge in [0.25, 0.3) is 5.56 Å².